The van der Waals surface area contributed by atoms with E-state index in [2.05, 4.69) is 4.98 Å². The quantitative estimate of drug-likeness (QED) is 0.779. The van der Waals surface area contributed by atoms with E-state index in [4.69, 9.17) is 5.73 Å². The van der Waals surface area contributed by atoms with Gasteiger partial charge < -0.3 is 5.73 Å². The molecule has 0 aliphatic heterocycles. The SMILES string of the molecule is NCCn1cnc2ccc(F)cc2c1=O. The van der Waals surface area contributed by atoms with Crippen molar-refractivity contribution in [3.63, 3.8) is 0 Å². The van der Waals surface area contributed by atoms with E-state index in [-0.39, 0.29) is 10.9 Å². The molecule has 0 fully saturated rings. The molecular formula is C10H10FN3O. The van der Waals surface area contributed by atoms with Gasteiger partial charge in [-0.15, -0.1) is 0 Å². The molecule has 0 radical (unpaired) electrons. The van der Waals surface area contributed by atoms with E-state index in [9.17, 15) is 9.18 Å². The molecule has 0 unspecified atom stereocenters. The third-order valence-corrected chi connectivity index (χ3v) is 2.16. The lowest BCUT2D eigenvalue weighted by molar-refractivity contribution is 0.628. The Morgan fingerprint density at radius 2 is 2.27 bits per heavy atom. The van der Waals surface area contributed by atoms with Crippen LogP contribution < -0.4 is 11.3 Å². The second-order valence-corrected chi connectivity index (χ2v) is 3.19. The van der Waals surface area contributed by atoms with Crippen LogP contribution in [0.1, 0.15) is 0 Å². The Morgan fingerprint density at radius 1 is 1.47 bits per heavy atom. The van der Waals surface area contributed by atoms with Gasteiger partial charge >= 0.3 is 0 Å². The minimum absolute atomic E-state index is 0.259. The fourth-order valence-corrected chi connectivity index (χ4v) is 1.43. The van der Waals surface area contributed by atoms with Crippen molar-refractivity contribution in [1.82, 2.24) is 9.55 Å². The minimum Gasteiger partial charge on any atom is -0.329 e. The Bertz CT molecular complexity index is 550. The molecule has 0 aliphatic carbocycles. The summed E-state index contributed by atoms with van der Waals surface area (Å²) in [6, 6.07) is 3.96. The van der Waals surface area contributed by atoms with Crippen LogP contribution >= 0.6 is 0 Å². The molecule has 0 atom stereocenters. The summed E-state index contributed by atoms with van der Waals surface area (Å²) < 4.78 is 14.3. The van der Waals surface area contributed by atoms with Gasteiger partial charge in [-0.05, 0) is 18.2 Å². The van der Waals surface area contributed by atoms with Crippen LogP contribution in [0.5, 0.6) is 0 Å². The predicted molar refractivity (Wildman–Crippen MR) is 55.0 cm³/mol. The maximum absolute atomic E-state index is 12.9. The molecule has 15 heavy (non-hydrogen) atoms. The zero-order chi connectivity index (χ0) is 10.8. The summed E-state index contributed by atoms with van der Waals surface area (Å²) in [5.41, 5.74) is 5.58. The number of aromatic nitrogens is 2. The third-order valence-electron chi connectivity index (χ3n) is 2.16. The minimum atomic E-state index is -0.438. The molecule has 0 spiro atoms. The molecule has 1 aromatic carbocycles. The molecule has 2 rings (SSSR count). The molecular weight excluding hydrogens is 197 g/mol. The molecule has 0 aliphatic rings. The standard InChI is InChI=1S/C10H10FN3O/c11-7-1-2-9-8(5-7)10(15)14(4-3-12)6-13-9/h1-2,5-6H,3-4,12H2. The zero-order valence-corrected chi connectivity index (χ0v) is 7.98. The highest BCUT2D eigenvalue weighted by Crippen LogP contribution is 2.08. The Hall–Kier alpha value is -1.75. The van der Waals surface area contributed by atoms with Crippen molar-refractivity contribution < 1.29 is 4.39 Å². The van der Waals surface area contributed by atoms with Gasteiger partial charge in [0.25, 0.3) is 5.56 Å². The number of hydrogen-bond acceptors (Lipinski definition) is 3. The number of benzene rings is 1. The number of halogens is 1. The summed E-state index contributed by atoms with van der Waals surface area (Å²) in [5, 5.41) is 0.283. The largest absolute Gasteiger partial charge is 0.329 e. The lowest BCUT2D eigenvalue weighted by Crippen LogP contribution is -2.24. The van der Waals surface area contributed by atoms with Crippen LogP contribution in [0.25, 0.3) is 10.9 Å². The molecule has 0 saturated carbocycles. The predicted octanol–water partition coefficient (Wildman–Crippen LogP) is 0.494. The normalized spacial score (nSPS) is 10.8. The third kappa shape index (κ3) is 1.73. The van der Waals surface area contributed by atoms with E-state index in [1.54, 1.807) is 0 Å². The number of nitrogens with zero attached hydrogens (tertiary/aromatic N) is 2. The molecule has 0 bridgehead atoms. The lowest BCUT2D eigenvalue weighted by atomic mass is 10.2. The summed E-state index contributed by atoms with van der Waals surface area (Å²) in [4.78, 5) is 15.8. The zero-order valence-electron chi connectivity index (χ0n) is 7.98. The second kappa shape index (κ2) is 3.78. The van der Waals surface area contributed by atoms with Crippen molar-refractivity contribution in [1.29, 1.82) is 0 Å². The van der Waals surface area contributed by atoms with Gasteiger partial charge in [0.2, 0.25) is 0 Å². The first-order valence-electron chi connectivity index (χ1n) is 4.57. The monoisotopic (exact) mass is 207 g/mol. The maximum Gasteiger partial charge on any atom is 0.261 e. The fraction of sp³-hybridized carbons (Fsp3) is 0.200. The smallest absolute Gasteiger partial charge is 0.261 e. The van der Waals surface area contributed by atoms with Crippen LogP contribution in [0.4, 0.5) is 4.39 Å². The van der Waals surface area contributed by atoms with Gasteiger partial charge in [0, 0.05) is 13.1 Å². The van der Waals surface area contributed by atoms with Crippen molar-refractivity contribution in [3.05, 3.63) is 40.7 Å². The van der Waals surface area contributed by atoms with Gasteiger partial charge in [-0.25, -0.2) is 9.37 Å². The average molecular weight is 207 g/mol. The summed E-state index contributed by atoms with van der Waals surface area (Å²) in [7, 11) is 0. The Kier molecular flexibility index (Phi) is 2.47. The molecule has 78 valence electrons. The molecule has 4 nitrogen and oxygen atoms in total. The number of nitrogens with two attached hydrogens (primary N) is 1. The van der Waals surface area contributed by atoms with E-state index in [1.807, 2.05) is 0 Å². The Balaban J connectivity index is 2.71. The highest BCUT2D eigenvalue weighted by Gasteiger charge is 2.04. The van der Waals surface area contributed by atoms with Crippen molar-refractivity contribution in [2.24, 2.45) is 5.73 Å². The van der Waals surface area contributed by atoms with Crippen LogP contribution in [0, 0.1) is 5.82 Å². The Morgan fingerprint density at radius 3 is 3.00 bits per heavy atom. The van der Waals surface area contributed by atoms with E-state index in [1.165, 1.54) is 29.1 Å². The van der Waals surface area contributed by atoms with Crippen molar-refractivity contribution in [3.8, 4) is 0 Å². The first-order valence-corrected chi connectivity index (χ1v) is 4.57. The van der Waals surface area contributed by atoms with Crippen molar-refractivity contribution in [2.75, 3.05) is 6.54 Å². The first-order chi connectivity index (χ1) is 7.22. The maximum atomic E-state index is 12.9. The van der Waals surface area contributed by atoms with Crippen LogP contribution in [0.2, 0.25) is 0 Å². The van der Waals surface area contributed by atoms with Gasteiger partial charge in [-0.2, -0.15) is 0 Å². The molecule has 0 amide bonds. The van der Waals surface area contributed by atoms with E-state index >= 15 is 0 Å². The summed E-state index contributed by atoms with van der Waals surface area (Å²) in [6.07, 6.45) is 1.43. The topological polar surface area (TPSA) is 60.9 Å². The highest BCUT2D eigenvalue weighted by atomic mass is 19.1. The lowest BCUT2D eigenvalue weighted by Gasteiger charge is -2.04. The number of rotatable bonds is 2. The number of fused-ring (bicyclic) bond motifs is 1. The van der Waals surface area contributed by atoms with Crippen LogP contribution in [0.3, 0.4) is 0 Å². The van der Waals surface area contributed by atoms with E-state index in [0.29, 0.717) is 18.6 Å². The summed E-state index contributed by atoms with van der Waals surface area (Å²) >= 11 is 0. The number of hydrogen-bond donors (Lipinski definition) is 1. The average Bonchev–Trinajstić information content (AvgIpc) is 2.23. The van der Waals surface area contributed by atoms with E-state index in [0.717, 1.165) is 0 Å². The summed E-state index contributed by atoms with van der Waals surface area (Å²) in [5.74, 6) is -0.438. The van der Waals surface area contributed by atoms with Gasteiger partial charge in [-0.3, -0.25) is 9.36 Å². The Labute approximate surface area is 85.2 Å². The molecule has 5 heteroatoms. The van der Waals surface area contributed by atoms with Crippen molar-refractivity contribution in [2.45, 2.75) is 6.54 Å². The molecule has 1 heterocycles. The first kappa shape index (κ1) is 9.79. The van der Waals surface area contributed by atoms with Gasteiger partial charge in [0.1, 0.15) is 5.82 Å². The van der Waals surface area contributed by atoms with Crippen LogP contribution in [-0.4, -0.2) is 16.1 Å². The molecule has 2 N–H and O–H groups in total. The van der Waals surface area contributed by atoms with Gasteiger partial charge in [0.05, 0.1) is 17.2 Å². The van der Waals surface area contributed by atoms with Gasteiger partial charge in [0.15, 0.2) is 0 Å². The van der Waals surface area contributed by atoms with Gasteiger partial charge in [-0.1, -0.05) is 0 Å². The fourth-order valence-electron chi connectivity index (χ4n) is 1.43. The summed E-state index contributed by atoms with van der Waals surface area (Å²) in [6.45, 7) is 0.737. The molecule has 2 aromatic rings. The van der Waals surface area contributed by atoms with E-state index < -0.39 is 5.82 Å². The van der Waals surface area contributed by atoms with Crippen LogP contribution in [-0.2, 0) is 6.54 Å². The van der Waals surface area contributed by atoms with Crippen LogP contribution in [0.15, 0.2) is 29.3 Å². The second-order valence-electron chi connectivity index (χ2n) is 3.19. The van der Waals surface area contributed by atoms with Crippen molar-refractivity contribution >= 4 is 10.9 Å². The molecule has 0 saturated heterocycles. The molecule has 1 aromatic heterocycles. The highest BCUT2D eigenvalue weighted by molar-refractivity contribution is 5.77.